The van der Waals surface area contributed by atoms with Crippen molar-refractivity contribution in [3.05, 3.63) is 0 Å². The molecule has 0 aromatic heterocycles. The van der Waals surface area contributed by atoms with E-state index in [1.165, 1.54) is 0 Å². The van der Waals surface area contributed by atoms with Crippen molar-refractivity contribution in [2.24, 2.45) is 11.3 Å². The second kappa shape index (κ2) is 2.37. The van der Waals surface area contributed by atoms with E-state index in [2.05, 4.69) is 20.8 Å². The summed E-state index contributed by atoms with van der Waals surface area (Å²) < 4.78 is 0. The van der Waals surface area contributed by atoms with Crippen molar-refractivity contribution in [2.75, 3.05) is 0 Å². The summed E-state index contributed by atoms with van der Waals surface area (Å²) in [7, 11) is 0. The molecule has 1 aliphatic rings. The van der Waals surface area contributed by atoms with Gasteiger partial charge >= 0.3 is 0 Å². The summed E-state index contributed by atoms with van der Waals surface area (Å²) in [6.45, 7) is 6.46. The van der Waals surface area contributed by atoms with Crippen LogP contribution in [0.5, 0.6) is 0 Å². The lowest BCUT2D eigenvalue weighted by atomic mass is 9.79. The zero-order valence-corrected chi connectivity index (χ0v) is 7.11. The molecule has 0 aromatic rings. The fourth-order valence-electron chi connectivity index (χ4n) is 1.73. The van der Waals surface area contributed by atoms with Crippen LogP contribution in [-0.2, 0) is 4.79 Å². The summed E-state index contributed by atoms with van der Waals surface area (Å²) in [4.78, 5) is 11.2. The Balaban J connectivity index is 2.64. The highest BCUT2D eigenvalue weighted by Crippen LogP contribution is 2.36. The lowest BCUT2D eigenvalue weighted by Gasteiger charge is -2.24. The van der Waals surface area contributed by atoms with E-state index in [4.69, 9.17) is 0 Å². The van der Waals surface area contributed by atoms with Crippen LogP contribution in [0.4, 0.5) is 0 Å². The highest BCUT2D eigenvalue weighted by Gasteiger charge is 2.34. The van der Waals surface area contributed by atoms with E-state index in [9.17, 15) is 4.79 Å². The number of rotatable bonds is 0. The topological polar surface area (TPSA) is 17.1 Å². The number of carbonyl (C=O) groups is 1. The average Bonchev–Trinajstić information content (AvgIpc) is 2.11. The molecule has 1 atom stereocenters. The minimum absolute atomic E-state index is 0.202. The zero-order valence-electron chi connectivity index (χ0n) is 7.11. The van der Waals surface area contributed by atoms with E-state index >= 15 is 0 Å². The largest absolute Gasteiger partial charge is 0.299 e. The highest BCUT2D eigenvalue weighted by atomic mass is 16.1. The first-order chi connectivity index (χ1) is 4.52. The standard InChI is InChI=1S/C9H16O/c1-9(2,3)7-5-4-6-8(7)10/h7H,4-6H2,1-3H3/t7-/m1/s1. The smallest absolute Gasteiger partial charge is 0.136 e. The molecule has 0 aliphatic heterocycles. The molecule has 0 spiro atoms. The Morgan fingerprint density at radius 1 is 1.40 bits per heavy atom. The van der Waals surface area contributed by atoms with Gasteiger partial charge < -0.3 is 0 Å². The van der Waals surface area contributed by atoms with Gasteiger partial charge in [0.25, 0.3) is 0 Å². The van der Waals surface area contributed by atoms with Gasteiger partial charge in [-0.15, -0.1) is 0 Å². The minimum atomic E-state index is 0.202. The Morgan fingerprint density at radius 2 is 2.00 bits per heavy atom. The van der Waals surface area contributed by atoms with Gasteiger partial charge in [-0.1, -0.05) is 20.8 Å². The minimum Gasteiger partial charge on any atom is -0.299 e. The van der Waals surface area contributed by atoms with E-state index in [0.717, 1.165) is 19.3 Å². The van der Waals surface area contributed by atoms with E-state index in [1.54, 1.807) is 0 Å². The molecule has 0 amide bonds. The fourth-order valence-corrected chi connectivity index (χ4v) is 1.73. The Hall–Kier alpha value is -0.330. The molecular formula is C9H16O. The maximum Gasteiger partial charge on any atom is 0.136 e. The predicted molar refractivity (Wildman–Crippen MR) is 41.8 cm³/mol. The first-order valence-electron chi connectivity index (χ1n) is 4.04. The SMILES string of the molecule is CC(C)(C)[C@@H]1CCCC1=O. The normalized spacial score (nSPS) is 27.5. The van der Waals surface area contributed by atoms with E-state index in [0.29, 0.717) is 11.7 Å². The number of hydrogen-bond acceptors (Lipinski definition) is 1. The fraction of sp³-hybridized carbons (Fsp3) is 0.889. The third kappa shape index (κ3) is 1.39. The number of carbonyl (C=O) groups excluding carboxylic acids is 1. The highest BCUT2D eigenvalue weighted by molar-refractivity contribution is 5.83. The van der Waals surface area contributed by atoms with E-state index in [1.807, 2.05) is 0 Å². The van der Waals surface area contributed by atoms with E-state index < -0.39 is 0 Å². The van der Waals surface area contributed by atoms with Gasteiger partial charge in [0.15, 0.2) is 0 Å². The van der Waals surface area contributed by atoms with Crippen molar-refractivity contribution < 1.29 is 4.79 Å². The van der Waals surface area contributed by atoms with Gasteiger partial charge in [0.2, 0.25) is 0 Å². The molecule has 1 nitrogen and oxygen atoms in total. The molecular weight excluding hydrogens is 124 g/mol. The van der Waals surface area contributed by atoms with Crippen molar-refractivity contribution in [3.63, 3.8) is 0 Å². The van der Waals surface area contributed by atoms with Crippen LogP contribution in [0.3, 0.4) is 0 Å². The Morgan fingerprint density at radius 3 is 2.20 bits per heavy atom. The summed E-state index contributed by atoms with van der Waals surface area (Å²) >= 11 is 0. The summed E-state index contributed by atoms with van der Waals surface area (Å²) in [5, 5.41) is 0. The number of Topliss-reactive ketones (excluding diaryl/α,β-unsaturated/α-hetero) is 1. The van der Waals surface area contributed by atoms with Crippen LogP contribution in [-0.4, -0.2) is 5.78 Å². The maximum atomic E-state index is 11.2. The lowest BCUT2D eigenvalue weighted by molar-refractivity contribution is -0.123. The van der Waals surface area contributed by atoms with Crippen LogP contribution < -0.4 is 0 Å². The van der Waals surface area contributed by atoms with Crippen molar-refractivity contribution in [3.8, 4) is 0 Å². The molecule has 0 bridgehead atoms. The zero-order chi connectivity index (χ0) is 7.78. The second-order valence-electron chi connectivity index (χ2n) is 4.28. The number of ketones is 1. The van der Waals surface area contributed by atoms with Crippen LogP contribution >= 0.6 is 0 Å². The summed E-state index contributed by atoms with van der Waals surface area (Å²) in [6.07, 6.45) is 3.05. The molecule has 0 unspecified atom stereocenters. The maximum absolute atomic E-state index is 11.2. The van der Waals surface area contributed by atoms with Crippen LogP contribution in [0.15, 0.2) is 0 Å². The first-order valence-corrected chi connectivity index (χ1v) is 4.04. The van der Waals surface area contributed by atoms with Gasteiger partial charge in [-0.3, -0.25) is 4.79 Å². The molecule has 0 N–H and O–H groups in total. The first kappa shape index (κ1) is 7.77. The van der Waals surface area contributed by atoms with Gasteiger partial charge in [0, 0.05) is 12.3 Å². The van der Waals surface area contributed by atoms with Gasteiger partial charge in [-0.05, 0) is 18.3 Å². The molecule has 0 aromatic carbocycles. The molecule has 58 valence electrons. The Labute approximate surface area is 62.8 Å². The molecule has 0 radical (unpaired) electrons. The molecule has 1 saturated carbocycles. The van der Waals surface area contributed by atoms with E-state index in [-0.39, 0.29) is 5.41 Å². The van der Waals surface area contributed by atoms with Crippen LogP contribution in [0, 0.1) is 11.3 Å². The average molecular weight is 140 g/mol. The summed E-state index contributed by atoms with van der Waals surface area (Å²) in [5.74, 6) is 0.819. The third-order valence-corrected chi connectivity index (χ3v) is 2.35. The Bertz CT molecular complexity index is 141. The molecule has 1 fully saturated rings. The molecule has 1 rings (SSSR count). The second-order valence-corrected chi connectivity index (χ2v) is 4.28. The predicted octanol–water partition coefficient (Wildman–Crippen LogP) is 2.40. The van der Waals surface area contributed by atoms with Gasteiger partial charge in [0.1, 0.15) is 5.78 Å². The van der Waals surface area contributed by atoms with Crippen LogP contribution in [0.2, 0.25) is 0 Å². The molecule has 0 saturated heterocycles. The molecule has 0 heterocycles. The Kier molecular flexibility index (Phi) is 1.84. The lowest BCUT2D eigenvalue weighted by Crippen LogP contribution is -2.23. The number of hydrogen-bond donors (Lipinski definition) is 0. The van der Waals surface area contributed by atoms with Crippen molar-refractivity contribution in [2.45, 2.75) is 40.0 Å². The third-order valence-electron chi connectivity index (χ3n) is 2.35. The van der Waals surface area contributed by atoms with Crippen molar-refractivity contribution in [1.82, 2.24) is 0 Å². The molecule has 1 aliphatic carbocycles. The van der Waals surface area contributed by atoms with Gasteiger partial charge in [0.05, 0.1) is 0 Å². The van der Waals surface area contributed by atoms with Gasteiger partial charge in [-0.25, -0.2) is 0 Å². The van der Waals surface area contributed by atoms with Crippen molar-refractivity contribution in [1.29, 1.82) is 0 Å². The quantitative estimate of drug-likeness (QED) is 0.505. The molecule has 10 heavy (non-hydrogen) atoms. The van der Waals surface area contributed by atoms with Crippen LogP contribution in [0.25, 0.3) is 0 Å². The monoisotopic (exact) mass is 140 g/mol. The summed E-state index contributed by atoms with van der Waals surface area (Å²) in [6, 6.07) is 0. The van der Waals surface area contributed by atoms with Crippen LogP contribution in [0.1, 0.15) is 40.0 Å². The van der Waals surface area contributed by atoms with Crippen molar-refractivity contribution >= 4 is 5.78 Å². The molecule has 1 heteroatoms. The summed E-state index contributed by atoms with van der Waals surface area (Å²) in [5.41, 5.74) is 0.202. The van der Waals surface area contributed by atoms with Gasteiger partial charge in [-0.2, -0.15) is 0 Å².